The third-order valence-corrected chi connectivity index (χ3v) is 3.27. The van der Waals surface area contributed by atoms with E-state index >= 15 is 0 Å². The van der Waals surface area contributed by atoms with Gasteiger partial charge >= 0.3 is 0 Å². The van der Waals surface area contributed by atoms with Crippen LogP contribution in [0.3, 0.4) is 0 Å². The van der Waals surface area contributed by atoms with Crippen molar-refractivity contribution in [3.05, 3.63) is 28.8 Å². The van der Waals surface area contributed by atoms with Crippen LogP contribution in [-0.4, -0.2) is 34.7 Å². The van der Waals surface area contributed by atoms with Crippen molar-refractivity contribution in [2.75, 3.05) is 0 Å². The Balaban J connectivity index is 0.00000112. The Bertz CT molecular complexity index is 321. The largest absolute Gasteiger partial charge is 0.508 e. The van der Waals surface area contributed by atoms with E-state index < -0.39 is 0 Å². The zero-order valence-electron chi connectivity index (χ0n) is 9.17. The molecule has 1 N–H and O–H groups in total. The number of rotatable bonds is 1. The van der Waals surface area contributed by atoms with E-state index in [1.807, 2.05) is 6.07 Å². The second-order valence-corrected chi connectivity index (χ2v) is 4.47. The zero-order chi connectivity index (χ0) is 9.97. The monoisotopic (exact) mass is 233 g/mol. The van der Waals surface area contributed by atoms with Crippen LogP contribution in [0.4, 0.5) is 0 Å². The third kappa shape index (κ3) is 3.39. The number of hydrogen-bond donors (Lipinski definition) is 1. The number of phenolic OH excluding ortho intramolecular Hbond substituents is 1. The van der Waals surface area contributed by atoms with E-state index in [1.165, 1.54) is 32.1 Å². The average molecular weight is 234 g/mol. The van der Waals surface area contributed by atoms with Crippen LogP contribution in [0.2, 0.25) is 5.02 Å². The van der Waals surface area contributed by atoms with E-state index in [-0.39, 0.29) is 29.6 Å². The Kier molecular flexibility index (Phi) is 5.48. The van der Waals surface area contributed by atoms with Gasteiger partial charge in [-0.2, -0.15) is 0 Å². The second-order valence-electron chi connectivity index (χ2n) is 4.04. The SMILES string of the molecule is Oc1ccc(Cl)cc1C1CCCCC1.[Na]. The standard InChI is InChI=1S/C12H15ClO.Na/c13-10-6-7-12(14)11(8-10)9-4-2-1-3-5-9;/h6-9,14H,1-5H2;. The fourth-order valence-corrected chi connectivity index (χ4v) is 2.45. The molecule has 0 heterocycles. The van der Waals surface area contributed by atoms with E-state index in [4.69, 9.17) is 11.6 Å². The molecule has 0 saturated heterocycles. The quantitative estimate of drug-likeness (QED) is 0.733. The van der Waals surface area contributed by atoms with Gasteiger partial charge in [0.05, 0.1) is 0 Å². The molecule has 1 saturated carbocycles. The minimum absolute atomic E-state index is 0. The summed E-state index contributed by atoms with van der Waals surface area (Å²) in [6.45, 7) is 0. The minimum Gasteiger partial charge on any atom is -0.508 e. The Morgan fingerprint density at radius 2 is 1.80 bits per heavy atom. The summed E-state index contributed by atoms with van der Waals surface area (Å²) in [6, 6.07) is 5.35. The molecule has 2 rings (SSSR count). The van der Waals surface area contributed by atoms with Crippen molar-refractivity contribution in [1.82, 2.24) is 0 Å². The van der Waals surface area contributed by atoms with Gasteiger partial charge in [-0.05, 0) is 42.5 Å². The molecule has 0 amide bonds. The Morgan fingerprint density at radius 1 is 1.13 bits per heavy atom. The number of hydrogen-bond acceptors (Lipinski definition) is 1. The summed E-state index contributed by atoms with van der Waals surface area (Å²) in [7, 11) is 0. The summed E-state index contributed by atoms with van der Waals surface area (Å²) in [4.78, 5) is 0. The molecule has 0 unspecified atom stereocenters. The number of halogens is 1. The summed E-state index contributed by atoms with van der Waals surface area (Å²) in [6.07, 6.45) is 6.26. The van der Waals surface area contributed by atoms with Gasteiger partial charge in [0, 0.05) is 34.6 Å². The first-order chi connectivity index (χ1) is 6.77. The van der Waals surface area contributed by atoms with Gasteiger partial charge in [-0.3, -0.25) is 0 Å². The normalized spacial score (nSPS) is 17.1. The van der Waals surface area contributed by atoms with Gasteiger partial charge in [0.25, 0.3) is 0 Å². The predicted octanol–water partition coefficient (Wildman–Crippen LogP) is 3.71. The van der Waals surface area contributed by atoms with Crippen LogP contribution < -0.4 is 0 Å². The molecule has 1 aromatic rings. The van der Waals surface area contributed by atoms with E-state index in [0.717, 1.165) is 10.6 Å². The predicted molar refractivity (Wildman–Crippen MR) is 64.7 cm³/mol. The summed E-state index contributed by atoms with van der Waals surface area (Å²) < 4.78 is 0. The van der Waals surface area contributed by atoms with E-state index in [2.05, 4.69) is 0 Å². The number of benzene rings is 1. The molecule has 0 spiro atoms. The maximum atomic E-state index is 9.73. The second kappa shape index (κ2) is 6.15. The van der Waals surface area contributed by atoms with Crippen LogP contribution in [0.1, 0.15) is 43.6 Å². The van der Waals surface area contributed by atoms with Gasteiger partial charge in [0.2, 0.25) is 0 Å². The van der Waals surface area contributed by atoms with E-state index in [1.54, 1.807) is 12.1 Å². The van der Waals surface area contributed by atoms with Gasteiger partial charge in [0.15, 0.2) is 0 Å². The van der Waals surface area contributed by atoms with Gasteiger partial charge in [-0.25, -0.2) is 0 Å². The molecule has 1 aliphatic carbocycles. The maximum Gasteiger partial charge on any atom is 0.119 e. The molecule has 0 aliphatic heterocycles. The van der Waals surface area contributed by atoms with Gasteiger partial charge in [0.1, 0.15) is 5.75 Å². The molecule has 1 nitrogen and oxygen atoms in total. The van der Waals surface area contributed by atoms with Crippen molar-refractivity contribution in [3.63, 3.8) is 0 Å². The molecular formula is C12H15ClNaO. The summed E-state index contributed by atoms with van der Waals surface area (Å²) >= 11 is 5.92. The summed E-state index contributed by atoms with van der Waals surface area (Å²) in [5.74, 6) is 0.920. The van der Waals surface area contributed by atoms with E-state index in [0.29, 0.717) is 11.7 Å². The van der Waals surface area contributed by atoms with Crippen LogP contribution in [0.25, 0.3) is 0 Å². The van der Waals surface area contributed by atoms with Crippen molar-refractivity contribution in [2.45, 2.75) is 38.0 Å². The van der Waals surface area contributed by atoms with E-state index in [9.17, 15) is 5.11 Å². The zero-order valence-corrected chi connectivity index (χ0v) is 11.9. The molecule has 0 bridgehead atoms. The first-order valence-corrected chi connectivity index (χ1v) is 5.63. The van der Waals surface area contributed by atoms with Crippen molar-refractivity contribution in [1.29, 1.82) is 0 Å². The summed E-state index contributed by atoms with van der Waals surface area (Å²) in [5, 5.41) is 10.5. The first kappa shape index (κ1) is 13.4. The molecular weight excluding hydrogens is 219 g/mol. The summed E-state index contributed by atoms with van der Waals surface area (Å²) in [5.41, 5.74) is 1.04. The fourth-order valence-electron chi connectivity index (χ4n) is 2.27. The molecule has 15 heavy (non-hydrogen) atoms. The van der Waals surface area contributed by atoms with Crippen LogP contribution >= 0.6 is 11.6 Å². The van der Waals surface area contributed by atoms with Gasteiger partial charge in [-0.1, -0.05) is 30.9 Å². The molecule has 1 aliphatic rings. The topological polar surface area (TPSA) is 20.2 Å². The van der Waals surface area contributed by atoms with Crippen molar-refractivity contribution < 1.29 is 5.11 Å². The van der Waals surface area contributed by atoms with Crippen LogP contribution in [-0.2, 0) is 0 Å². The molecule has 0 atom stereocenters. The first-order valence-electron chi connectivity index (χ1n) is 5.26. The smallest absolute Gasteiger partial charge is 0.119 e. The minimum atomic E-state index is 0. The van der Waals surface area contributed by atoms with Crippen LogP contribution in [0, 0.1) is 0 Å². The Hall–Kier alpha value is 0.310. The number of phenols is 1. The van der Waals surface area contributed by atoms with Gasteiger partial charge < -0.3 is 5.11 Å². The Morgan fingerprint density at radius 3 is 2.47 bits per heavy atom. The molecule has 1 aromatic carbocycles. The molecule has 1 radical (unpaired) electrons. The van der Waals surface area contributed by atoms with Crippen LogP contribution in [0.5, 0.6) is 5.75 Å². The fraction of sp³-hybridized carbons (Fsp3) is 0.500. The average Bonchev–Trinajstić information content (AvgIpc) is 2.23. The molecule has 77 valence electrons. The molecule has 0 aromatic heterocycles. The van der Waals surface area contributed by atoms with Crippen molar-refractivity contribution >= 4 is 41.2 Å². The Labute approximate surface area is 118 Å². The third-order valence-electron chi connectivity index (χ3n) is 3.03. The van der Waals surface area contributed by atoms with Crippen LogP contribution in [0.15, 0.2) is 18.2 Å². The van der Waals surface area contributed by atoms with Crippen molar-refractivity contribution in [2.24, 2.45) is 0 Å². The van der Waals surface area contributed by atoms with Crippen molar-refractivity contribution in [3.8, 4) is 5.75 Å². The van der Waals surface area contributed by atoms with Gasteiger partial charge in [-0.15, -0.1) is 0 Å². The molecule has 1 fully saturated rings. The number of aromatic hydroxyl groups is 1. The maximum absolute atomic E-state index is 9.73. The molecule has 3 heteroatoms.